The van der Waals surface area contributed by atoms with E-state index in [-0.39, 0.29) is 5.92 Å². The zero-order valence-electron chi connectivity index (χ0n) is 6.45. The minimum absolute atomic E-state index is 0.193. The van der Waals surface area contributed by atoms with Crippen LogP contribution in [0.2, 0.25) is 0 Å². The van der Waals surface area contributed by atoms with Gasteiger partial charge in [-0.05, 0) is 13.0 Å². The predicted molar refractivity (Wildman–Crippen MR) is 39.2 cm³/mol. The first-order chi connectivity index (χ1) is 5.13. The molecule has 3 atom stereocenters. The van der Waals surface area contributed by atoms with Crippen LogP contribution in [0.15, 0.2) is 0 Å². The molecule has 1 heterocycles. The first-order valence-electron chi connectivity index (χ1n) is 3.77. The molecule has 0 saturated carbocycles. The van der Waals surface area contributed by atoms with Crippen molar-refractivity contribution in [3.05, 3.63) is 0 Å². The average Bonchev–Trinajstić information content (AvgIpc) is 1.94. The summed E-state index contributed by atoms with van der Waals surface area (Å²) < 4.78 is 0. The fourth-order valence-corrected chi connectivity index (χ4v) is 1.37. The van der Waals surface area contributed by atoms with Crippen molar-refractivity contribution in [3.8, 4) is 0 Å². The highest BCUT2D eigenvalue weighted by atomic mass is 16.4. The van der Waals surface area contributed by atoms with Crippen molar-refractivity contribution in [2.75, 3.05) is 6.54 Å². The lowest BCUT2D eigenvalue weighted by atomic mass is 9.90. The van der Waals surface area contributed by atoms with E-state index in [1.54, 1.807) is 6.92 Å². The largest absolute Gasteiger partial charge is 0.480 e. The van der Waals surface area contributed by atoms with Crippen molar-refractivity contribution in [2.45, 2.75) is 25.5 Å². The fraction of sp³-hybridized carbons (Fsp3) is 0.857. The van der Waals surface area contributed by atoms with Crippen LogP contribution >= 0.6 is 0 Å². The monoisotopic (exact) mass is 159 g/mol. The van der Waals surface area contributed by atoms with E-state index in [0.29, 0.717) is 13.0 Å². The van der Waals surface area contributed by atoms with E-state index in [4.69, 9.17) is 5.11 Å². The highest BCUT2D eigenvalue weighted by molar-refractivity contribution is 5.74. The molecule has 11 heavy (non-hydrogen) atoms. The minimum atomic E-state index is -0.878. The topological polar surface area (TPSA) is 69.6 Å². The van der Waals surface area contributed by atoms with Crippen LogP contribution in [0.3, 0.4) is 0 Å². The third-order valence-corrected chi connectivity index (χ3v) is 2.20. The molecular formula is C7H13NO3. The van der Waals surface area contributed by atoms with Crippen molar-refractivity contribution in [1.29, 1.82) is 0 Å². The van der Waals surface area contributed by atoms with Gasteiger partial charge < -0.3 is 15.5 Å². The summed E-state index contributed by atoms with van der Waals surface area (Å²) in [5.74, 6) is -1.07. The summed E-state index contributed by atoms with van der Waals surface area (Å²) in [6.45, 7) is 2.33. The van der Waals surface area contributed by atoms with E-state index in [1.807, 2.05) is 0 Å². The molecule has 0 amide bonds. The summed E-state index contributed by atoms with van der Waals surface area (Å²) in [5.41, 5.74) is 0. The van der Waals surface area contributed by atoms with Gasteiger partial charge in [-0.1, -0.05) is 6.92 Å². The average molecular weight is 159 g/mol. The smallest absolute Gasteiger partial charge is 0.321 e. The number of aliphatic carboxylic acids is 1. The van der Waals surface area contributed by atoms with Gasteiger partial charge in [-0.15, -0.1) is 0 Å². The Morgan fingerprint density at radius 3 is 2.73 bits per heavy atom. The van der Waals surface area contributed by atoms with E-state index in [9.17, 15) is 9.90 Å². The van der Waals surface area contributed by atoms with Crippen LogP contribution in [-0.2, 0) is 4.79 Å². The van der Waals surface area contributed by atoms with Gasteiger partial charge >= 0.3 is 5.97 Å². The van der Waals surface area contributed by atoms with Crippen LogP contribution in [0.5, 0.6) is 0 Å². The van der Waals surface area contributed by atoms with Gasteiger partial charge in [0.05, 0.1) is 6.10 Å². The summed E-state index contributed by atoms with van der Waals surface area (Å²) in [5, 5.41) is 20.8. The van der Waals surface area contributed by atoms with Gasteiger partial charge in [0.15, 0.2) is 0 Å². The molecule has 0 aromatic rings. The standard InChI is InChI=1S/C7H13NO3/c1-4-5(9)2-3-8-6(4)7(10)11/h4-6,8-9H,2-3H2,1H3,(H,10,11)/t4-,5-,6+/m1/s1. The number of carboxylic acids is 1. The van der Waals surface area contributed by atoms with E-state index < -0.39 is 18.1 Å². The number of hydrogen-bond acceptors (Lipinski definition) is 3. The molecule has 1 fully saturated rings. The normalized spacial score (nSPS) is 38.5. The van der Waals surface area contributed by atoms with Gasteiger partial charge in [-0.2, -0.15) is 0 Å². The Hall–Kier alpha value is -0.610. The number of piperidine rings is 1. The molecule has 0 spiro atoms. The zero-order valence-corrected chi connectivity index (χ0v) is 6.45. The van der Waals surface area contributed by atoms with Gasteiger partial charge in [0.2, 0.25) is 0 Å². The molecule has 0 bridgehead atoms. The number of rotatable bonds is 1. The van der Waals surface area contributed by atoms with E-state index in [0.717, 1.165) is 0 Å². The number of carboxylic acid groups (broad SMARTS) is 1. The van der Waals surface area contributed by atoms with Crippen LogP contribution in [0, 0.1) is 5.92 Å². The van der Waals surface area contributed by atoms with E-state index >= 15 is 0 Å². The Morgan fingerprint density at radius 1 is 1.64 bits per heavy atom. The van der Waals surface area contributed by atoms with Crippen molar-refractivity contribution in [1.82, 2.24) is 5.32 Å². The zero-order chi connectivity index (χ0) is 8.43. The van der Waals surface area contributed by atoms with Gasteiger partial charge in [0.25, 0.3) is 0 Å². The molecule has 4 nitrogen and oxygen atoms in total. The number of aliphatic hydroxyl groups is 1. The second-order valence-electron chi connectivity index (χ2n) is 2.99. The van der Waals surface area contributed by atoms with Crippen LogP contribution in [0.4, 0.5) is 0 Å². The molecule has 0 unspecified atom stereocenters. The molecule has 0 aliphatic carbocycles. The Balaban J connectivity index is 2.58. The van der Waals surface area contributed by atoms with Crippen molar-refractivity contribution < 1.29 is 15.0 Å². The minimum Gasteiger partial charge on any atom is -0.480 e. The number of nitrogens with one attached hydrogen (secondary N) is 1. The molecule has 3 N–H and O–H groups in total. The summed E-state index contributed by atoms with van der Waals surface area (Å²) in [6.07, 6.45) is 0.169. The Labute approximate surface area is 65.2 Å². The van der Waals surface area contributed by atoms with Crippen LogP contribution < -0.4 is 5.32 Å². The van der Waals surface area contributed by atoms with Gasteiger partial charge in [-0.3, -0.25) is 4.79 Å². The van der Waals surface area contributed by atoms with Gasteiger partial charge in [0, 0.05) is 5.92 Å². The Morgan fingerprint density at radius 2 is 2.27 bits per heavy atom. The molecule has 1 aliphatic heterocycles. The van der Waals surface area contributed by atoms with Crippen LogP contribution in [0.1, 0.15) is 13.3 Å². The molecular weight excluding hydrogens is 146 g/mol. The highest BCUT2D eigenvalue weighted by Crippen LogP contribution is 2.16. The summed E-state index contributed by atoms with van der Waals surface area (Å²) in [6, 6.07) is -0.584. The number of carbonyl (C=O) groups is 1. The van der Waals surface area contributed by atoms with Crippen molar-refractivity contribution in [3.63, 3.8) is 0 Å². The molecule has 4 heteroatoms. The molecule has 64 valence electrons. The second kappa shape index (κ2) is 3.19. The van der Waals surface area contributed by atoms with Crippen molar-refractivity contribution >= 4 is 5.97 Å². The lowest BCUT2D eigenvalue weighted by molar-refractivity contribution is -0.143. The quantitative estimate of drug-likeness (QED) is 0.479. The third kappa shape index (κ3) is 1.70. The fourth-order valence-electron chi connectivity index (χ4n) is 1.37. The molecule has 0 aromatic heterocycles. The highest BCUT2D eigenvalue weighted by Gasteiger charge is 2.32. The first kappa shape index (κ1) is 8.49. The van der Waals surface area contributed by atoms with E-state index in [1.165, 1.54) is 0 Å². The third-order valence-electron chi connectivity index (χ3n) is 2.20. The van der Waals surface area contributed by atoms with E-state index in [2.05, 4.69) is 5.32 Å². The number of hydrogen-bond donors (Lipinski definition) is 3. The van der Waals surface area contributed by atoms with Crippen LogP contribution in [-0.4, -0.2) is 34.9 Å². The maximum Gasteiger partial charge on any atom is 0.321 e. The Kier molecular flexibility index (Phi) is 2.46. The summed E-state index contributed by atoms with van der Waals surface area (Å²) in [7, 11) is 0. The summed E-state index contributed by atoms with van der Waals surface area (Å²) >= 11 is 0. The first-order valence-corrected chi connectivity index (χ1v) is 3.77. The number of aliphatic hydroxyl groups excluding tert-OH is 1. The molecule has 0 radical (unpaired) electrons. The second-order valence-corrected chi connectivity index (χ2v) is 2.99. The molecule has 0 aromatic carbocycles. The molecule has 1 aliphatic rings. The molecule has 1 saturated heterocycles. The van der Waals surface area contributed by atoms with Gasteiger partial charge in [-0.25, -0.2) is 0 Å². The lowest BCUT2D eigenvalue weighted by Crippen LogP contribution is -2.51. The maximum atomic E-state index is 10.5. The van der Waals surface area contributed by atoms with Gasteiger partial charge in [0.1, 0.15) is 6.04 Å². The summed E-state index contributed by atoms with van der Waals surface area (Å²) in [4.78, 5) is 10.5. The SMILES string of the molecule is C[C@@H]1[C@H](O)CCN[C@@H]1C(=O)O. The Bertz CT molecular complexity index is 160. The predicted octanol–water partition coefficient (Wildman–Crippen LogP) is -0.570. The molecule has 1 rings (SSSR count). The van der Waals surface area contributed by atoms with Crippen LogP contribution in [0.25, 0.3) is 0 Å². The van der Waals surface area contributed by atoms with Crippen molar-refractivity contribution in [2.24, 2.45) is 5.92 Å². The lowest BCUT2D eigenvalue weighted by Gasteiger charge is -2.31. The maximum absolute atomic E-state index is 10.5.